The van der Waals surface area contributed by atoms with E-state index in [1.54, 1.807) is 16.7 Å². The van der Waals surface area contributed by atoms with Gasteiger partial charge >= 0.3 is 0 Å². The molecule has 5 heteroatoms. The molecule has 0 aromatic heterocycles. The van der Waals surface area contributed by atoms with E-state index in [1.165, 1.54) is 0 Å². The first kappa shape index (κ1) is 14.9. The molecule has 1 aliphatic heterocycles. The predicted molar refractivity (Wildman–Crippen MR) is 81.1 cm³/mol. The van der Waals surface area contributed by atoms with Crippen molar-refractivity contribution in [3.63, 3.8) is 0 Å². The van der Waals surface area contributed by atoms with Crippen LogP contribution in [0.4, 0.5) is 0 Å². The van der Waals surface area contributed by atoms with Crippen molar-refractivity contribution in [1.29, 1.82) is 0 Å². The molecule has 1 aromatic carbocycles. The molecule has 2 amide bonds. The van der Waals surface area contributed by atoms with E-state index < -0.39 is 0 Å². The molecule has 0 saturated carbocycles. The van der Waals surface area contributed by atoms with Crippen molar-refractivity contribution in [2.75, 3.05) is 12.8 Å². The second-order valence-corrected chi connectivity index (χ2v) is 6.42. The predicted octanol–water partition coefficient (Wildman–Crippen LogP) is 1.86. The Morgan fingerprint density at radius 3 is 2.60 bits per heavy atom. The maximum absolute atomic E-state index is 12.0. The summed E-state index contributed by atoms with van der Waals surface area (Å²) < 4.78 is 0. The van der Waals surface area contributed by atoms with Crippen LogP contribution in [0.1, 0.15) is 19.4 Å². The van der Waals surface area contributed by atoms with E-state index in [-0.39, 0.29) is 29.1 Å². The van der Waals surface area contributed by atoms with Gasteiger partial charge < -0.3 is 10.2 Å². The van der Waals surface area contributed by atoms with E-state index in [0.717, 1.165) is 5.56 Å². The number of carbonyl (C=O) groups is 2. The third-order valence-electron chi connectivity index (χ3n) is 3.58. The molecule has 2 rings (SSSR count). The Morgan fingerprint density at radius 2 is 2.00 bits per heavy atom. The lowest BCUT2D eigenvalue weighted by molar-refractivity contribution is -0.162. The van der Waals surface area contributed by atoms with Crippen LogP contribution in [0.25, 0.3) is 0 Å². The number of thioether (sulfide) groups is 1. The van der Waals surface area contributed by atoms with Crippen molar-refractivity contribution >= 4 is 23.6 Å². The third-order valence-corrected chi connectivity index (χ3v) is 4.87. The summed E-state index contributed by atoms with van der Waals surface area (Å²) in [5.41, 5.74) is 0.691. The molecule has 1 aromatic rings. The maximum Gasteiger partial charge on any atom is 0.239 e. The molecule has 1 heterocycles. The van der Waals surface area contributed by atoms with Gasteiger partial charge in [-0.05, 0) is 25.7 Å². The minimum absolute atomic E-state index is 0.0479. The molecule has 0 radical (unpaired) electrons. The number of likely N-dealkylation sites (tertiary alicyclic amines) is 1. The van der Waals surface area contributed by atoms with Crippen molar-refractivity contribution in [3.8, 4) is 0 Å². The Balaban J connectivity index is 1.85. The number of hydrogen-bond acceptors (Lipinski definition) is 3. The van der Waals surface area contributed by atoms with Crippen LogP contribution in [-0.4, -0.2) is 34.9 Å². The largest absolute Gasteiger partial charge is 0.350 e. The lowest BCUT2D eigenvalue weighted by Gasteiger charge is -2.51. The molecule has 1 saturated heterocycles. The van der Waals surface area contributed by atoms with Crippen LogP contribution in [0.5, 0.6) is 0 Å². The highest BCUT2D eigenvalue weighted by atomic mass is 32.2. The van der Waals surface area contributed by atoms with Gasteiger partial charge in [-0.25, -0.2) is 0 Å². The highest BCUT2D eigenvalue weighted by Gasteiger charge is 2.54. The second kappa shape index (κ2) is 5.87. The molecule has 0 spiro atoms. The summed E-state index contributed by atoms with van der Waals surface area (Å²) in [5, 5.41) is 2.93. The minimum Gasteiger partial charge on any atom is -0.350 e. The van der Waals surface area contributed by atoms with Crippen LogP contribution in [0.2, 0.25) is 0 Å². The van der Waals surface area contributed by atoms with E-state index >= 15 is 0 Å². The van der Waals surface area contributed by atoms with E-state index in [1.807, 2.05) is 50.4 Å². The highest BCUT2D eigenvalue weighted by Crippen LogP contribution is 2.43. The van der Waals surface area contributed by atoms with Gasteiger partial charge in [-0.2, -0.15) is 0 Å². The first-order valence-corrected chi connectivity index (χ1v) is 7.90. The number of β-lactam (4-membered cyclic amide) rings is 1. The zero-order valence-corrected chi connectivity index (χ0v) is 12.9. The first-order valence-electron chi connectivity index (χ1n) is 6.61. The Labute approximate surface area is 123 Å². The normalized spacial score (nSPS) is 20.4. The fraction of sp³-hybridized carbons (Fsp3) is 0.467. The van der Waals surface area contributed by atoms with Crippen LogP contribution in [0.15, 0.2) is 30.3 Å². The molecule has 1 atom stereocenters. The molecule has 1 unspecified atom stereocenters. The Morgan fingerprint density at radius 1 is 1.35 bits per heavy atom. The fourth-order valence-electron chi connectivity index (χ4n) is 2.49. The van der Waals surface area contributed by atoms with Crippen molar-refractivity contribution in [2.45, 2.75) is 25.8 Å². The number of hydrogen-bond donors (Lipinski definition) is 1. The zero-order chi connectivity index (χ0) is 14.8. The van der Waals surface area contributed by atoms with Crippen molar-refractivity contribution < 1.29 is 9.59 Å². The average Bonchev–Trinajstić information content (AvgIpc) is 2.45. The molecule has 108 valence electrons. The number of rotatable bonds is 5. The Bertz CT molecular complexity index is 502. The lowest BCUT2D eigenvalue weighted by Crippen LogP contribution is -2.66. The molecular formula is C15H20N2O2S. The molecule has 1 N–H and O–H groups in total. The van der Waals surface area contributed by atoms with Gasteiger partial charge in [0.1, 0.15) is 6.54 Å². The van der Waals surface area contributed by atoms with E-state index in [4.69, 9.17) is 0 Å². The van der Waals surface area contributed by atoms with Gasteiger partial charge in [-0.15, -0.1) is 11.8 Å². The van der Waals surface area contributed by atoms with Crippen LogP contribution < -0.4 is 5.32 Å². The van der Waals surface area contributed by atoms with Crippen molar-refractivity contribution in [1.82, 2.24) is 10.2 Å². The lowest BCUT2D eigenvalue weighted by atomic mass is 9.82. The van der Waals surface area contributed by atoms with Crippen LogP contribution >= 0.6 is 11.8 Å². The van der Waals surface area contributed by atoms with Crippen LogP contribution in [-0.2, 0) is 16.1 Å². The van der Waals surface area contributed by atoms with Gasteiger partial charge in [-0.3, -0.25) is 9.59 Å². The second-order valence-electron chi connectivity index (χ2n) is 5.51. The monoisotopic (exact) mass is 292 g/mol. The molecular weight excluding hydrogens is 272 g/mol. The average molecular weight is 292 g/mol. The molecule has 20 heavy (non-hydrogen) atoms. The molecule has 1 fully saturated rings. The van der Waals surface area contributed by atoms with E-state index in [0.29, 0.717) is 6.54 Å². The Kier molecular flexibility index (Phi) is 4.38. The number of nitrogens with zero attached hydrogens (tertiary/aromatic N) is 1. The van der Waals surface area contributed by atoms with Gasteiger partial charge in [0.15, 0.2) is 0 Å². The Hall–Kier alpha value is -1.49. The standard InChI is InChI=1S/C15H20N2O2S/c1-15(2)13(19)17(14(15)20-3)10-12(18)16-9-11-7-5-4-6-8-11/h4-8,14H,9-10H2,1-3H3,(H,16,18). The summed E-state index contributed by atoms with van der Waals surface area (Å²) in [7, 11) is 0. The van der Waals surface area contributed by atoms with E-state index in [2.05, 4.69) is 5.32 Å². The van der Waals surface area contributed by atoms with Crippen molar-refractivity contribution in [3.05, 3.63) is 35.9 Å². The zero-order valence-electron chi connectivity index (χ0n) is 12.1. The summed E-state index contributed by atoms with van der Waals surface area (Å²) >= 11 is 1.61. The quantitative estimate of drug-likeness (QED) is 0.843. The number of nitrogens with one attached hydrogen (secondary N) is 1. The van der Waals surface area contributed by atoms with E-state index in [9.17, 15) is 9.59 Å². The first-order chi connectivity index (χ1) is 9.46. The number of amides is 2. The minimum atomic E-state index is -0.362. The molecule has 0 bridgehead atoms. The third kappa shape index (κ3) is 2.82. The smallest absolute Gasteiger partial charge is 0.239 e. The summed E-state index contributed by atoms with van der Waals surface area (Å²) in [6, 6.07) is 9.74. The number of carbonyl (C=O) groups excluding carboxylic acids is 2. The van der Waals surface area contributed by atoms with Gasteiger partial charge in [-0.1, -0.05) is 30.3 Å². The highest BCUT2D eigenvalue weighted by molar-refractivity contribution is 7.99. The van der Waals surface area contributed by atoms with Gasteiger partial charge in [0, 0.05) is 6.54 Å². The summed E-state index contributed by atoms with van der Waals surface area (Å²) in [6.45, 7) is 4.49. The van der Waals surface area contributed by atoms with Gasteiger partial charge in [0.2, 0.25) is 11.8 Å². The summed E-state index contributed by atoms with van der Waals surface area (Å²) in [4.78, 5) is 25.6. The number of benzene rings is 1. The van der Waals surface area contributed by atoms with Gasteiger partial charge in [0.25, 0.3) is 0 Å². The molecule has 4 nitrogen and oxygen atoms in total. The van der Waals surface area contributed by atoms with Gasteiger partial charge in [0.05, 0.1) is 10.8 Å². The van der Waals surface area contributed by atoms with Crippen molar-refractivity contribution in [2.24, 2.45) is 5.41 Å². The SMILES string of the molecule is CSC1N(CC(=O)NCc2ccccc2)C(=O)C1(C)C. The topological polar surface area (TPSA) is 49.4 Å². The maximum atomic E-state index is 12.0. The van der Waals surface area contributed by atoms with Crippen LogP contribution in [0, 0.1) is 5.41 Å². The fourth-order valence-corrected chi connectivity index (χ4v) is 3.60. The molecule has 0 aliphatic carbocycles. The summed E-state index contributed by atoms with van der Waals surface area (Å²) in [5.74, 6) is -0.0662. The van der Waals surface area contributed by atoms with Crippen LogP contribution in [0.3, 0.4) is 0 Å². The summed E-state index contributed by atoms with van der Waals surface area (Å²) in [6.07, 6.45) is 1.97. The molecule has 1 aliphatic rings.